The molecule has 0 spiro atoms. The Morgan fingerprint density at radius 1 is 1.35 bits per heavy atom. The third-order valence-electron chi connectivity index (χ3n) is 2.50. The van der Waals surface area contributed by atoms with Crippen LogP contribution in [-0.2, 0) is 6.54 Å². The predicted octanol–water partition coefficient (Wildman–Crippen LogP) is 2.31. The van der Waals surface area contributed by atoms with Crippen molar-refractivity contribution >= 4 is 0 Å². The van der Waals surface area contributed by atoms with E-state index in [4.69, 9.17) is 0 Å². The van der Waals surface area contributed by atoms with Gasteiger partial charge in [0.15, 0.2) is 5.82 Å². The van der Waals surface area contributed by atoms with Gasteiger partial charge in [0.1, 0.15) is 5.82 Å². The van der Waals surface area contributed by atoms with Gasteiger partial charge >= 0.3 is 0 Å². The number of nitrogens with one attached hydrogen (secondary N) is 1. The lowest BCUT2D eigenvalue weighted by atomic mass is 10.2. The molecule has 88 valence electrons. The summed E-state index contributed by atoms with van der Waals surface area (Å²) in [5, 5.41) is 3.05. The summed E-state index contributed by atoms with van der Waals surface area (Å²) in [5.74, 6) is 0.280. The van der Waals surface area contributed by atoms with Gasteiger partial charge in [-0.3, -0.25) is 0 Å². The van der Waals surface area contributed by atoms with Crippen molar-refractivity contribution in [1.29, 1.82) is 0 Å². The van der Waals surface area contributed by atoms with Crippen LogP contribution in [-0.4, -0.2) is 17.0 Å². The van der Waals surface area contributed by atoms with E-state index in [0.29, 0.717) is 17.9 Å². The zero-order chi connectivity index (χ0) is 12.3. The Morgan fingerprint density at radius 3 is 2.88 bits per heavy atom. The second-order valence-corrected chi connectivity index (χ2v) is 3.86. The van der Waals surface area contributed by atoms with Gasteiger partial charge in [-0.15, -0.1) is 0 Å². The third-order valence-corrected chi connectivity index (χ3v) is 2.50. The maximum Gasteiger partial charge on any atom is 0.159 e. The van der Waals surface area contributed by atoms with Crippen molar-refractivity contribution in [3.05, 3.63) is 47.5 Å². The molecule has 0 aliphatic carbocycles. The molecule has 0 aliphatic heterocycles. The Kier molecular flexibility index (Phi) is 3.44. The van der Waals surface area contributed by atoms with Gasteiger partial charge in [0.05, 0.1) is 5.69 Å². The standard InChI is InChI=1S/C13H14FN3/c1-9-7-16-13(17-12(9)8-15-2)10-4-3-5-11(14)6-10/h3-7,15H,8H2,1-2H3. The first-order valence-electron chi connectivity index (χ1n) is 5.44. The van der Waals surface area contributed by atoms with Gasteiger partial charge in [-0.25, -0.2) is 14.4 Å². The fourth-order valence-corrected chi connectivity index (χ4v) is 1.59. The predicted molar refractivity (Wildman–Crippen MR) is 64.9 cm³/mol. The summed E-state index contributed by atoms with van der Waals surface area (Å²) in [6.45, 7) is 2.64. The number of benzene rings is 1. The largest absolute Gasteiger partial charge is 0.314 e. The molecule has 1 aromatic heterocycles. The van der Waals surface area contributed by atoms with Gasteiger partial charge in [-0.05, 0) is 31.7 Å². The summed E-state index contributed by atoms with van der Waals surface area (Å²) >= 11 is 0. The first-order chi connectivity index (χ1) is 8.20. The van der Waals surface area contributed by atoms with Gasteiger partial charge in [0, 0.05) is 18.3 Å². The average molecular weight is 231 g/mol. The van der Waals surface area contributed by atoms with E-state index >= 15 is 0 Å². The van der Waals surface area contributed by atoms with Crippen LogP contribution in [0.15, 0.2) is 30.5 Å². The van der Waals surface area contributed by atoms with E-state index in [2.05, 4.69) is 15.3 Å². The highest BCUT2D eigenvalue weighted by atomic mass is 19.1. The van der Waals surface area contributed by atoms with Crippen LogP contribution in [0.1, 0.15) is 11.3 Å². The Bertz CT molecular complexity index is 526. The van der Waals surface area contributed by atoms with Gasteiger partial charge in [0.2, 0.25) is 0 Å². The minimum Gasteiger partial charge on any atom is -0.314 e. The van der Waals surface area contributed by atoms with Crippen LogP contribution in [0, 0.1) is 12.7 Å². The van der Waals surface area contributed by atoms with Crippen LogP contribution in [0.4, 0.5) is 4.39 Å². The second kappa shape index (κ2) is 5.01. The molecule has 1 N–H and O–H groups in total. The summed E-state index contributed by atoms with van der Waals surface area (Å²) in [7, 11) is 1.86. The molecule has 17 heavy (non-hydrogen) atoms. The summed E-state index contributed by atoms with van der Waals surface area (Å²) < 4.78 is 13.1. The number of hydrogen-bond acceptors (Lipinski definition) is 3. The third kappa shape index (κ3) is 2.65. The zero-order valence-electron chi connectivity index (χ0n) is 9.87. The van der Waals surface area contributed by atoms with Crippen molar-refractivity contribution in [3.63, 3.8) is 0 Å². The Labute approximate surface area is 99.7 Å². The first kappa shape index (κ1) is 11.7. The van der Waals surface area contributed by atoms with Crippen molar-refractivity contribution in [1.82, 2.24) is 15.3 Å². The number of halogens is 1. The highest BCUT2D eigenvalue weighted by Crippen LogP contribution is 2.17. The number of aromatic nitrogens is 2. The molecule has 0 amide bonds. The minimum absolute atomic E-state index is 0.276. The summed E-state index contributed by atoms with van der Waals surface area (Å²) in [6, 6.07) is 6.31. The lowest BCUT2D eigenvalue weighted by Crippen LogP contribution is -2.09. The first-order valence-corrected chi connectivity index (χ1v) is 5.44. The molecule has 1 aromatic carbocycles. The highest BCUT2D eigenvalue weighted by molar-refractivity contribution is 5.54. The highest BCUT2D eigenvalue weighted by Gasteiger charge is 2.06. The molecular weight excluding hydrogens is 217 g/mol. The second-order valence-electron chi connectivity index (χ2n) is 3.86. The van der Waals surface area contributed by atoms with E-state index in [0.717, 1.165) is 11.3 Å². The molecule has 0 saturated heterocycles. The zero-order valence-corrected chi connectivity index (χ0v) is 9.87. The Balaban J connectivity index is 2.42. The molecule has 0 saturated carbocycles. The minimum atomic E-state index is -0.276. The van der Waals surface area contributed by atoms with E-state index in [-0.39, 0.29) is 5.82 Å². The molecule has 2 aromatic rings. The Morgan fingerprint density at radius 2 is 2.18 bits per heavy atom. The molecule has 0 aliphatic rings. The molecule has 1 heterocycles. The van der Waals surface area contributed by atoms with E-state index in [1.807, 2.05) is 14.0 Å². The van der Waals surface area contributed by atoms with Gasteiger partial charge in [0.25, 0.3) is 0 Å². The monoisotopic (exact) mass is 231 g/mol. The van der Waals surface area contributed by atoms with Crippen LogP contribution in [0.2, 0.25) is 0 Å². The molecule has 2 rings (SSSR count). The van der Waals surface area contributed by atoms with Crippen LogP contribution < -0.4 is 5.32 Å². The normalized spacial score (nSPS) is 10.5. The molecule has 0 atom stereocenters. The maximum atomic E-state index is 13.1. The van der Waals surface area contributed by atoms with Crippen LogP contribution in [0.5, 0.6) is 0 Å². The van der Waals surface area contributed by atoms with Crippen molar-refractivity contribution in [2.75, 3.05) is 7.05 Å². The van der Waals surface area contributed by atoms with Crippen LogP contribution in [0.25, 0.3) is 11.4 Å². The van der Waals surface area contributed by atoms with E-state index in [1.165, 1.54) is 12.1 Å². The lowest BCUT2D eigenvalue weighted by molar-refractivity contribution is 0.628. The van der Waals surface area contributed by atoms with Crippen molar-refractivity contribution in [2.24, 2.45) is 0 Å². The molecule has 0 unspecified atom stereocenters. The van der Waals surface area contributed by atoms with Crippen molar-refractivity contribution in [3.8, 4) is 11.4 Å². The quantitative estimate of drug-likeness (QED) is 0.880. The number of aryl methyl sites for hydroxylation is 1. The molecule has 0 radical (unpaired) electrons. The topological polar surface area (TPSA) is 37.8 Å². The molecule has 4 heteroatoms. The van der Waals surface area contributed by atoms with Crippen LogP contribution in [0.3, 0.4) is 0 Å². The van der Waals surface area contributed by atoms with E-state index in [1.54, 1.807) is 18.3 Å². The molecule has 3 nitrogen and oxygen atoms in total. The smallest absolute Gasteiger partial charge is 0.159 e. The van der Waals surface area contributed by atoms with E-state index in [9.17, 15) is 4.39 Å². The maximum absolute atomic E-state index is 13.1. The molecular formula is C13H14FN3. The van der Waals surface area contributed by atoms with Crippen LogP contribution >= 0.6 is 0 Å². The van der Waals surface area contributed by atoms with Gasteiger partial charge < -0.3 is 5.32 Å². The van der Waals surface area contributed by atoms with Crippen molar-refractivity contribution < 1.29 is 4.39 Å². The average Bonchev–Trinajstić information content (AvgIpc) is 2.32. The molecule has 0 fully saturated rings. The summed E-state index contributed by atoms with van der Waals surface area (Å²) in [5.41, 5.74) is 2.66. The lowest BCUT2D eigenvalue weighted by Gasteiger charge is -2.06. The van der Waals surface area contributed by atoms with Gasteiger partial charge in [-0.1, -0.05) is 12.1 Å². The molecule has 0 bridgehead atoms. The SMILES string of the molecule is CNCc1nc(-c2cccc(F)c2)ncc1C. The van der Waals surface area contributed by atoms with E-state index < -0.39 is 0 Å². The number of rotatable bonds is 3. The fraction of sp³-hybridized carbons (Fsp3) is 0.231. The van der Waals surface area contributed by atoms with Gasteiger partial charge in [-0.2, -0.15) is 0 Å². The fourth-order valence-electron chi connectivity index (χ4n) is 1.59. The number of hydrogen-bond donors (Lipinski definition) is 1. The summed E-state index contributed by atoms with van der Waals surface area (Å²) in [4.78, 5) is 8.66. The Hall–Kier alpha value is -1.81. The van der Waals surface area contributed by atoms with Crippen molar-refractivity contribution in [2.45, 2.75) is 13.5 Å². The summed E-state index contributed by atoms with van der Waals surface area (Å²) in [6.07, 6.45) is 1.76. The number of nitrogens with zero attached hydrogens (tertiary/aromatic N) is 2.